The summed E-state index contributed by atoms with van der Waals surface area (Å²) in [6.07, 6.45) is 7.97. The molecule has 2 aromatic rings. The largest absolute Gasteiger partial charge is 0.343 e. The highest BCUT2D eigenvalue weighted by atomic mass is 16.2. The number of rotatable bonds is 6. The quantitative estimate of drug-likeness (QED) is 0.696. The Balaban J connectivity index is 1.22. The van der Waals surface area contributed by atoms with Gasteiger partial charge in [0.15, 0.2) is 5.78 Å². The first-order valence-corrected chi connectivity index (χ1v) is 11.7. The molecule has 1 aromatic heterocycles. The molecule has 2 amide bonds. The minimum Gasteiger partial charge on any atom is -0.343 e. The predicted octanol–water partition coefficient (Wildman–Crippen LogP) is 4.11. The van der Waals surface area contributed by atoms with E-state index in [1.54, 1.807) is 17.2 Å². The van der Waals surface area contributed by atoms with E-state index in [4.69, 9.17) is 0 Å². The molecule has 0 spiro atoms. The van der Waals surface area contributed by atoms with Gasteiger partial charge in [0.1, 0.15) is 5.82 Å². The number of carbonyl (C=O) groups is 3. The van der Waals surface area contributed by atoms with Crippen molar-refractivity contribution in [1.29, 1.82) is 0 Å². The van der Waals surface area contributed by atoms with Crippen molar-refractivity contribution in [1.82, 2.24) is 9.88 Å². The van der Waals surface area contributed by atoms with Crippen LogP contribution in [0.2, 0.25) is 0 Å². The third-order valence-electron chi connectivity index (χ3n) is 6.62. The van der Waals surface area contributed by atoms with Crippen molar-refractivity contribution < 1.29 is 14.4 Å². The van der Waals surface area contributed by atoms with Gasteiger partial charge >= 0.3 is 0 Å². The zero-order chi connectivity index (χ0) is 22.5. The van der Waals surface area contributed by atoms with Crippen LogP contribution in [0.4, 0.5) is 5.82 Å². The van der Waals surface area contributed by atoms with Gasteiger partial charge in [0.05, 0.1) is 0 Å². The van der Waals surface area contributed by atoms with E-state index < -0.39 is 0 Å². The lowest BCUT2D eigenvalue weighted by molar-refractivity contribution is -0.134. The molecule has 1 saturated heterocycles. The number of amides is 2. The first kappa shape index (κ1) is 22.2. The maximum absolute atomic E-state index is 12.6. The molecule has 1 N–H and O–H groups in total. The zero-order valence-electron chi connectivity index (χ0n) is 18.7. The highest BCUT2D eigenvalue weighted by Gasteiger charge is 2.27. The molecule has 1 fully saturated rings. The molecule has 0 unspecified atom stereocenters. The average molecular weight is 434 g/mol. The van der Waals surface area contributed by atoms with Gasteiger partial charge in [-0.25, -0.2) is 4.98 Å². The lowest BCUT2D eigenvalue weighted by atomic mass is 9.89. The van der Waals surface area contributed by atoms with Gasteiger partial charge in [-0.2, -0.15) is 0 Å². The van der Waals surface area contributed by atoms with Gasteiger partial charge in [0, 0.05) is 43.6 Å². The Bertz CT molecular complexity index is 992. The van der Waals surface area contributed by atoms with E-state index in [0.29, 0.717) is 31.7 Å². The number of nitrogens with one attached hydrogen (secondary N) is 1. The van der Waals surface area contributed by atoms with Crippen LogP contribution in [-0.2, 0) is 22.4 Å². The number of fused-ring (bicyclic) bond motifs is 1. The Morgan fingerprint density at radius 3 is 2.47 bits per heavy atom. The number of hydrogen-bond donors (Lipinski definition) is 1. The number of nitrogens with zero attached hydrogens (tertiary/aromatic N) is 2. The second-order valence-corrected chi connectivity index (χ2v) is 8.98. The maximum Gasteiger partial charge on any atom is 0.228 e. The highest BCUT2D eigenvalue weighted by Crippen LogP contribution is 2.24. The van der Waals surface area contributed by atoms with Crippen molar-refractivity contribution in [2.45, 2.75) is 58.3 Å². The lowest BCUT2D eigenvalue weighted by Gasteiger charge is -2.31. The third kappa shape index (κ3) is 5.42. The Morgan fingerprint density at radius 1 is 1.00 bits per heavy atom. The molecule has 4 rings (SSSR count). The van der Waals surface area contributed by atoms with Crippen molar-refractivity contribution in [3.63, 3.8) is 0 Å². The fraction of sp³-hybridized carbons (Fsp3) is 0.462. The molecule has 0 radical (unpaired) electrons. The maximum atomic E-state index is 12.6. The second kappa shape index (κ2) is 10.1. The summed E-state index contributed by atoms with van der Waals surface area (Å²) in [5.41, 5.74) is 4.40. The summed E-state index contributed by atoms with van der Waals surface area (Å²) >= 11 is 0. The van der Waals surface area contributed by atoms with Gasteiger partial charge in [-0.3, -0.25) is 14.4 Å². The van der Waals surface area contributed by atoms with Crippen LogP contribution in [0.15, 0.2) is 36.5 Å². The van der Waals surface area contributed by atoms with Crippen LogP contribution in [0.3, 0.4) is 0 Å². The van der Waals surface area contributed by atoms with Gasteiger partial charge in [0.2, 0.25) is 11.8 Å². The fourth-order valence-corrected chi connectivity index (χ4v) is 4.59. The number of likely N-dealkylation sites (tertiary alicyclic amines) is 1. The molecule has 168 valence electrons. The SMILES string of the molecule is Cc1ccc(NC(=O)C2CCN(C(=O)CCC(=O)c3ccc4c(c3)CCCC4)CC2)nc1. The van der Waals surface area contributed by atoms with E-state index in [1.807, 2.05) is 25.1 Å². The fourth-order valence-electron chi connectivity index (χ4n) is 4.59. The van der Waals surface area contributed by atoms with Gasteiger partial charge in [-0.05, 0) is 74.3 Å². The summed E-state index contributed by atoms with van der Waals surface area (Å²) in [5, 5.41) is 2.86. The van der Waals surface area contributed by atoms with Gasteiger partial charge in [-0.15, -0.1) is 0 Å². The standard InChI is InChI=1S/C26H31N3O3/c1-18-6-10-24(27-17-18)28-26(32)20-12-14-29(15-13-20)25(31)11-9-23(30)22-8-7-19-4-2-3-5-21(19)16-22/h6-8,10,16-17,20H,2-5,9,11-15H2,1H3,(H,27,28,32). The molecular weight excluding hydrogens is 402 g/mol. The number of anilines is 1. The molecule has 1 aromatic carbocycles. The van der Waals surface area contributed by atoms with E-state index in [9.17, 15) is 14.4 Å². The molecule has 32 heavy (non-hydrogen) atoms. The molecule has 6 heteroatoms. The number of pyridine rings is 1. The van der Waals surface area contributed by atoms with Gasteiger partial charge < -0.3 is 10.2 Å². The molecule has 0 atom stereocenters. The van der Waals surface area contributed by atoms with Crippen molar-refractivity contribution in [2.75, 3.05) is 18.4 Å². The van der Waals surface area contributed by atoms with Crippen LogP contribution in [-0.4, -0.2) is 40.6 Å². The van der Waals surface area contributed by atoms with Crippen LogP contribution < -0.4 is 5.32 Å². The molecule has 2 aliphatic rings. The summed E-state index contributed by atoms with van der Waals surface area (Å²) in [6, 6.07) is 9.71. The van der Waals surface area contributed by atoms with E-state index in [0.717, 1.165) is 24.0 Å². The summed E-state index contributed by atoms with van der Waals surface area (Å²) < 4.78 is 0. The number of aromatic nitrogens is 1. The number of benzene rings is 1. The second-order valence-electron chi connectivity index (χ2n) is 8.98. The molecular formula is C26H31N3O3. The van der Waals surface area contributed by atoms with E-state index >= 15 is 0 Å². The Labute approximate surface area is 189 Å². The molecule has 1 aliphatic carbocycles. The van der Waals surface area contributed by atoms with Gasteiger partial charge in [0.25, 0.3) is 0 Å². The minimum absolute atomic E-state index is 0.00429. The summed E-state index contributed by atoms with van der Waals surface area (Å²) in [7, 11) is 0. The zero-order valence-corrected chi connectivity index (χ0v) is 18.7. The number of carbonyl (C=O) groups excluding carboxylic acids is 3. The summed E-state index contributed by atoms with van der Waals surface area (Å²) in [4.78, 5) is 43.8. The van der Waals surface area contributed by atoms with Crippen molar-refractivity contribution in [3.8, 4) is 0 Å². The smallest absolute Gasteiger partial charge is 0.228 e. The highest BCUT2D eigenvalue weighted by molar-refractivity contribution is 5.98. The Hall–Kier alpha value is -3.02. The van der Waals surface area contributed by atoms with Crippen LogP contribution in [0.25, 0.3) is 0 Å². The summed E-state index contributed by atoms with van der Waals surface area (Å²) in [6.45, 7) is 3.04. The number of Topliss-reactive ketones (excluding diaryl/α,β-unsaturated/α-hetero) is 1. The predicted molar refractivity (Wildman–Crippen MR) is 124 cm³/mol. The summed E-state index contributed by atoms with van der Waals surface area (Å²) in [5.74, 6) is 0.414. The average Bonchev–Trinajstić information content (AvgIpc) is 2.83. The van der Waals surface area contributed by atoms with Gasteiger partial charge in [-0.1, -0.05) is 18.2 Å². The molecule has 0 bridgehead atoms. The first-order valence-electron chi connectivity index (χ1n) is 11.7. The minimum atomic E-state index is -0.126. The Kier molecular flexibility index (Phi) is 6.98. The third-order valence-corrected chi connectivity index (χ3v) is 6.62. The number of aryl methyl sites for hydroxylation is 3. The topological polar surface area (TPSA) is 79.4 Å². The monoisotopic (exact) mass is 433 g/mol. The van der Waals surface area contributed by atoms with Crippen LogP contribution in [0.5, 0.6) is 0 Å². The number of ketones is 1. The van der Waals surface area contributed by atoms with Crippen LogP contribution in [0.1, 0.15) is 65.6 Å². The van der Waals surface area contributed by atoms with E-state index in [-0.39, 0.29) is 36.4 Å². The van der Waals surface area contributed by atoms with E-state index in [2.05, 4.69) is 16.4 Å². The first-order chi connectivity index (χ1) is 15.5. The number of hydrogen-bond acceptors (Lipinski definition) is 4. The molecule has 1 aliphatic heterocycles. The van der Waals surface area contributed by atoms with Crippen LogP contribution in [0, 0.1) is 12.8 Å². The molecule has 2 heterocycles. The normalized spacial score (nSPS) is 16.3. The molecule has 6 nitrogen and oxygen atoms in total. The van der Waals surface area contributed by atoms with Crippen LogP contribution >= 0.6 is 0 Å². The lowest BCUT2D eigenvalue weighted by Crippen LogP contribution is -2.41. The van der Waals surface area contributed by atoms with Crippen molar-refractivity contribution in [3.05, 3.63) is 58.8 Å². The van der Waals surface area contributed by atoms with Crippen molar-refractivity contribution in [2.24, 2.45) is 5.92 Å². The van der Waals surface area contributed by atoms with Crippen molar-refractivity contribution >= 4 is 23.4 Å². The molecule has 0 saturated carbocycles. The van der Waals surface area contributed by atoms with E-state index in [1.165, 1.54) is 24.0 Å². The Morgan fingerprint density at radius 2 is 1.75 bits per heavy atom. The number of piperidine rings is 1.